The van der Waals surface area contributed by atoms with Crippen molar-refractivity contribution < 1.29 is 14.1 Å². The number of rotatable bonds is 2. The van der Waals surface area contributed by atoms with Crippen LogP contribution in [-0.4, -0.2) is 10.8 Å². The van der Waals surface area contributed by atoms with Crippen molar-refractivity contribution in [3.63, 3.8) is 0 Å². The molecule has 0 bridgehead atoms. The van der Waals surface area contributed by atoms with Gasteiger partial charge in [-0.05, 0) is 18.6 Å². The van der Waals surface area contributed by atoms with Crippen LogP contribution in [0.15, 0.2) is 12.1 Å². The summed E-state index contributed by atoms with van der Waals surface area (Å²) in [5.41, 5.74) is 4.13. The van der Waals surface area contributed by atoms with Gasteiger partial charge in [0.15, 0.2) is 0 Å². The van der Waals surface area contributed by atoms with Crippen LogP contribution >= 0.6 is 0 Å². The summed E-state index contributed by atoms with van der Waals surface area (Å²) in [5.74, 6) is -1.77. The molecule has 0 aliphatic carbocycles. The number of amides is 1. The molecule has 0 saturated carbocycles. The van der Waals surface area contributed by atoms with Crippen molar-refractivity contribution in [1.29, 1.82) is 0 Å². The number of hydrogen-bond acceptors (Lipinski definition) is 3. The highest BCUT2D eigenvalue weighted by molar-refractivity contribution is 5.93. The molecular weight excluding hydrogens is 191 g/mol. The predicted octanol–water partition coefficient (Wildman–Crippen LogP) is 1.14. The number of nitro groups is 1. The fourth-order valence-corrected chi connectivity index (χ4v) is 1.03. The predicted molar refractivity (Wildman–Crippen MR) is 46.3 cm³/mol. The first-order valence-electron chi connectivity index (χ1n) is 3.68. The van der Waals surface area contributed by atoms with Gasteiger partial charge >= 0.3 is 5.69 Å². The number of carbonyl (C=O) groups is 1. The van der Waals surface area contributed by atoms with Gasteiger partial charge < -0.3 is 5.73 Å². The normalized spacial score (nSPS) is 9.86. The molecule has 2 N–H and O–H groups in total. The molecule has 0 atom stereocenters. The monoisotopic (exact) mass is 198 g/mol. The van der Waals surface area contributed by atoms with Crippen LogP contribution in [0.5, 0.6) is 0 Å². The Morgan fingerprint density at radius 1 is 1.57 bits per heavy atom. The highest BCUT2D eigenvalue weighted by atomic mass is 19.1. The Labute approximate surface area is 78.5 Å². The Morgan fingerprint density at radius 2 is 2.14 bits per heavy atom. The van der Waals surface area contributed by atoms with Gasteiger partial charge in [0, 0.05) is 11.6 Å². The standard InChI is InChI=1S/C8H7FN2O3/c1-4-2-5(8(10)12)3-6(7(4)9)11(13)14/h2-3H,1H3,(H2,10,12). The first-order chi connectivity index (χ1) is 6.43. The summed E-state index contributed by atoms with van der Waals surface area (Å²) < 4.78 is 13.1. The summed E-state index contributed by atoms with van der Waals surface area (Å²) in [5, 5.41) is 10.4. The summed E-state index contributed by atoms with van der Waals surface area (Å²) in [4.78, 5) is 20.2. The van der Waals surface area contributed by atoms with Crippen molar-refractivity contribution in [2.45, 2.75) is 6.92 Å². The van der Waals surface area contributed by atoms with Crippen molar-refractivity contribution in [1.82, 2.24) is 0 Å². The zero-order valence-corrected chi connectivity index (χ0v) is 7.28. The fraction of sp³-hybridized carbons (Fsp3) is 0.125. The van der Waals surface area contributed by atoms with Gasteiger partial charge in [0.05, 0.1) is 4.92 Å². The van der Waals surface area contributed by atoms with Gasteiger partial charge in [0.25, 0.3) is 0 Å². The van der Waals surface area contributed by atoms with E-state index in [0.29, 0.717) is 0 Å². The number of nitro benzene ring substituents is 1. The van der Waals surface area contributed by atoms with Crippen LogP contribution < -0.4 is 5.73 Å². The molecule has 0 unspecified atom stereocenters. The number of aryl methyl sites for hydroxylation is 1. The fourth-order valence-electron chi connectivity index (χ4n) is 1.03. The van der Waals surface area contributed by atoms with Crippen LogP contribution in [0.1, 0.15) is 15.9 Å². The van der Waals surface area contributed by atoms with E-state index >= 15 is 0 Å². The zero-order chi connectivity index (χ0) is 10.9. The summed E-state index contributed by atoms with van der Waals surface area (Å²) in [6.07, 6.45) is 0. The van der Waals surface area contributed by atoms with E-state index < -0.39 is 22.3 Å². The first-order valence-corrected chi connectivity index (χ1v) is 3.68. The van der Waals surface area contributed by atoms with Crippen LogP contribution in [-0.2, 0) is 0 Å². The zero-order valence-electron chi connectivity index (χ0n) is 7.28. The molecule has 0 fully saturated rings. The molecule has 0 spiro atoms. The number of carbonyl (C=O) groups excluding carboxylic acids is 1. The molecule has 6 heteroatoms. The van der Waals surface area contributed by atoms with E-state index in [1.165, 1.54) is 13.0 Å². The molecule has 0 radical (unpaired) electrons. The molecule has 74 valence electrons. The Bertz CT molecular complexity index is 417. The second kappa shape index (κ2) is 3.41. The Morgan fingerprint density at radius 3 is 2.57 bits per heavy atom. The van der Waals surface area contributed by atoms with E-state index in [2.05, 4.69) is 0 Å². The number of nitrogens with two attached hydrogens (primary N) is 1. The molecule has 1 aromatic rings. The van der Waals surface area contributed by atoms with Crippen LogP contribution in [0.25, 0.3) is 0 Å². The van der Waals surface area contributed by atoms with Crippen molar-refractivity contribution in [3.8, 4) is 0 Å². The molecule has 1 amide bonds. The number of nitrogens with zero attached hydrogens (tertiary/aromatic N) is 1. The topological polar surface area (TPSA) is 86.2 Å². The Hall–Kier alpha value is -1.98. The molecule has 14 heavy (non-hydrogen) atoms. The number of halogens is 1. The molecule has 0 aliphatic heterocycles. The van der Waals surface area contributed by atoms with Crippen LogP contribution in [0, 0.1) is 22.9 Å². The number of hydrogen-bond donors (Lipinski definition) is 1. The lowest BCUT2D eigenvalue weighted by Crippen LogP contribution is -2.12. The van der Waals surface area contributed by atoms with Gasteiger partial charge in [-0.25, -0.2) is 0 Å². The maximum absolute atomic E-state index is 13.1. The Balaban J connectivity index is 3.43. The van der Waals surface area contributed by atoms with Crippen molar-refractivity contribution in [2.75, 3.05) is 0 Å². The SMILES string of the molecule is Cc1cc(C(N)=O)cc([N+](=O)[O-])c1F. The van der Waals surface area contributed by atoms with Gasteiger partial charge in [-0.3, -0.25) is 14.9 Å². The summed E-state index contributed by atoms with van der Waals surface area (Å²) in [7, 11) is 0. The molecule has 0 saturated heterocycles. The molecular formula is C8H7FN2O3. The molecule has 0 aliphatic rings. The van der Waals surface area contributed by atoms with Crippen LogP contribution in [0.4, 0.5) is 10.1 Å². The highest BCUT2D eigenvalue weighted by Gasteiger charge is 2.19. The minimum absolute atomic E-state index is 0.0213. The Kier molecular flexibility index (Phi) is 2.46. The number of benzene rings is 1. The minimum Gasteiger partial charge on any atom is -0.366 e. The van der Waals surface area contributed by atoms with E-state index in [0.717, 1.165) is 6.07 Å². The molecule has 5 nitrogen and oxygen atoms in total. The van der Waals surface area contributed by atoms with Gasteiger partial charge in [-0.1, -0.05) is 0 Å². The third-order valence-electron chi connectivity index (χ3n) is 1.72. The third kappa shape index (κ3) is 1.68. The van der Waals surface area contributed by atoms with Crippen LogP contribution in [0.3, 0.4) is 0 Å². The molecule has 1 rings (SSSR count). The van der Waals surface area contributed by atoms with E-state index in [1.54, 1.807) is 0 Å². The van der Waals surface area contributed by atoms with E-state index in [-0.39, 0.29) is 11.1 Å². The second-order valence-corrected chi connectivity index (χ2v) is 2.75. The molecule has 1 aromatic carbocycles. The average molecular weight is 198 g/mol. The van der Waals surface area contributed by atoms with Gasteiger partial charge in [0.2, 0.25) is 11.7 Å². The average Bonchev–Trinajstić information content (AvgIpc) is 2.08. The maximum Gasteiger partial charge on any atom is 0.305 e. The van der Waals surface area contributed by atoms with E-state index in [4.69, 9.17) is 5.73 Å². The summed E-state index contributed by atoms with van der Waals surface area (Å²) in [6.45, 7) is 1.33. The van der Waals surface area contributed by atoms with E-state index in [9.17, 15) is 19.3 Å². The first kappa shape index (κ1) is 10.1. The largest absolute Gasteiger partial charge is 0.366 e. The highest BCUT2D eigenvalue weighted by Crippen LogP contribution is 2.21. The minimum atomic E-state index is -0.944. The van der Waals surface area contributed by atoms with Gasteiger partial charge in [-0.15, -0.1) is 0 Å². The summed E-state index contributed by atoms with van der Waals surface area (Å²) in [6, 6.07) is 2.00. The summed E-state index contributed by atoms with van der Waals surface area (Å²) >= 11 is 0. The third-order valence-corrected chi connectivity index (χ3v) is 1.72. The smallest absolute Gasteiger partial charge is 0.305 e. The van der Waals surface area contributed by atoms with E-state index in [1.807, 2.05) is 0 Å². The van der Waals surface area contributed by atoms with Crippen molar-refractivity contribution in [2.24, 2.45) is 5.73 Å². The molecule has 0 aromatic heterocycles. The van der Waals surface area contributed by atoms with Gasteiger partial charge in [-0.2, -0.15) is 4.39 Å². The van der Waals surface area contributed by atoms with Crippen molar-refractivity contribution >= 4 is 11.6 Å². The lowest BCUT2D eigenvalue weighted by Gasteiger charge is -2.00. The second-order valence-electron chi connectivity index (χ2n) is 2.75. The molecule has 0 heterocycles. The van der Waals surface area contributed by atoms with Crippen molar-refractivity contribution in [3.05, 3.63) is 39.2 Å². The lowest BCUT2D eigenvalue weighted by atomic mass is 10.1. The van der Waals surface area contributed by atoms with Crippen LogP contribution in [0.2, 0.25) is 0 Å². The maximum atomic E-state index is 13.1. The lowest BCUT2D eigenvalue weighted by molar-refractivity contribution is -0.387. The quantitative estimate of drug-likeness (QED) is 0.571. The van der Waals surface area contributed by atoms with Gasteiger partial charge in [0.1, 0.15) is 0 Å². The number of primary amides is 1.